The molecule has 0 radical (unpaired) electrons. The van der Waals surface area contributed by atoms with Crippen molar-refractivity contribution in [1.82, 2.24) is 20.2 Å². The third kappa shape index (κ3) is 3.54. The summed E-state index contributed by atoms with van der Waals surface area (Å²) in [6, 6.07) is 6.16. The Morgan fingerprint density at radius 3 is 3.11 bits per heavy atom. The summed E-state index contributed by atoms with van der Waals surface area (Å²) in [7, 11) is 3.71. The number of carbonyl (C=O) groups is 1. The Morgan fingerprint density at radius 2 is 2.32 bits per heavy atom. The van der Waals surface area contributed by atoms with Gasteiger partial charge < -0.3 is 15.2 Å². The van der Waals surface area contributed by atoms with Gasteiger partial charge in [0.25, 0.3) is 0 Å². The lowest BCUT2D eigenvalue weighted by molar-refractivity contribution is -0.129. The third-order valence-corrected chi connectivity index (χ3v) is 3.24. The van der Waals surface area contributed by atoms with Gasteiger partial charge in [-0.1, -0.05) is 6.07 Å². The number of rotatable bonds is 6. The van der Waals surface area contributed by atoms with Gasteiger partial charge in [-0.05, 0) is 31.2 Å². The summed E-state index contributed by atoms with van der Waals surface area (Å²) in [6.45, 7) is 1.46. The Morgan fingerprint density at radius 1 is 1.47 bits per heavy atom. The zero-order valence-corrected chi connectivity index (χ0v) is 11.4. The lowest BCUT2D eigenvalue weighted by Crippen LogP contribution is -2.30. The molecule has 0 bridgehead atoms. The topological polar surface area (TPSA) is 61.0 Å². The van der Waals surface area contributed by atoms with Crippen LogP contribution < -0.4 is 5.32 Å². The van der Waals surface area contributed by atoms with Gasteiger partial charge in [-0.2, -0.15) is 0 Å². The van der Waals surface area contributed by atoms with Crippen molar-refractivity contribution in [2.45, 2.75) is 12.8 Å². The van der Waals surface area contributed by atoms with Gasteiger partial charge in [0.1, 0.15) is 0 Å². The van der Waals surface area contributed by atoms with Crippen molar-refractivity contribution in [3.63, 3.8) is 0 Å². The van der Waals surface area contributed by atoms with Gasteiger partial charge in [0.2, 0.25) is 5.91 Å². The molecule has 19 heavy (non-hydrogen) atoms. The van der Waals surface area contributed by atoms with Crippen LogP contribution in [0, 0.1) is 0 Å². The number of nitrogens with one attached hydrogen (secondary N) is 2. The molecule has 0 saturated heterocycles. The second-order valence-electron chi connectivity index (χ2n) is 4.67. The summed E-state index contributed by atoms with van der Waals surface area (Å²) in [4.78, 5) is 20.8. The standard InChI is InChI=1S/C14H20N4O/c1-15-7-5-14(19)18(2)8-6-11-3-4-12-13(9-11)17-10-16-12/h3-4,9-10,15H,5-8H2,1-2H3,(H,16,17). The highest BCUT2D eigenvalue weighted by Gasteiger charge is 2.08. The molecule has 5 nitrogen and oxygen atoms in total. The van der Waals surface area contributed by atoms with Crippen LogP contribution in [0.4, 0.5) is 0 Å². The monoisotopic (exact) mass is 260 g/mol. The smallest absolute Gasteiger partial charge is 0.223 e. The molecule has 1 heterocycles. The summed E-state index contributed by atoms with van der Waals surface area (Å²) in [6.07, 6.45) is 3.10. The molecule has 0 aliphatic rings. The van der Waals surface area contributed by atoms with Gasteiger partial charge >= 0.3 is 0 Å². The van der Waals surface area contributed by atoms with E-state index in [0.717, 1.165) is 30.5 Å². The summed E-state index contributed by atoms with van der Waals surface area (Å²) in [5.74, 6) is 0.178. The van der Waals surface area contributed by atoms with Crippen LogP contribution >= 0.6 is 0 Å². The van der Waals surface area contributed by atoms with Crippen molar-refractivity contribution < 1.29 is 4.79 Å². The van der Waals surface area contributed by atoms with Crippen molar-refractivity contribution >= 4 is 16.9 Å². The van der Waals surface area contributed by atoms with E-state index in [2.05, 4.69) is 27.4 Å². The molecule has 0 fully saturated rings. The van der Waals surface area contributed by atoms with Crippen molar-refractivity contribution in [1.29, 1.82) is 0 Å². The fourth-order valence-electron chi connectivity index (χ4n) is 1.98. The Balaban J connectivity index is 1.88. The van der Waals surface area contributed by atoms with E-state index in [-0.39, 0.29) is 5.91 Å². The van der Waals surface area contributed by atoms with Gasteiger partial charge in [-0.3, -0.25) is 4.79 Å². The number of aromatic amines is 1. The van der Waals surface area contributed by atoms with Crippen molar-refractivity contribution in [2.75, 3.05) is 27.2 Å². The van der Waals surface area contributed by atoms with Gasteiger partial charge in [0, 0.05) is 26.6 Å². The number of imidazole rings is 1. The predicted molar refractivity (Wildman–Crippen MR) is 76.0 cm³/mol. The van der Waals surface area contributed by atoms with E-state index in [9.17, 15) is 4.79 Å². The normalized spacial score (nSPS) is 10.8. The highest BCUT2D eigenvalue weighted by atomic mass is 16.2. The molecule has 0 saturated carbocycles. The van der Waals surface area contributed by atoms with Crippen molar-refractivity contribution in [3.05, 3.63) is 30.1 Å². The average molecular weight is 260 g/mol. The predicted octanol–water partition coefficient (Wildman–Crippen LogP) is 1.17. The maximum absolute atomic E-state index is 11.8. The van der Waals surface area contributed by atoms with Gasteiger partial charge in [-0.15, -0.1) is 0 Å². The quantitative estimate of drug-likeness (QED) is 0.819. The highest BCUT2D eigenvalue weighted by molar-refractivity contribution is 5.76. The van der Waals surface area contributed by atoms with Gasteiger partial charge in [-0.25, -0.2) is 4.98 Å². The lowest BCUT2D eigenvalue weighted by atomic mass is 10.1. The molecule has 5 heteroatoms. The molecule has 1 amide bonds. The van der Waals surface area contributed by atoms with Crippen LogP contribution in [0.5, 0.6) is 0 Å². The zero-order chi connectivity index (χ0) is 13.7. The summed E-state index contributed by atoms with van der Waals surface area (Å²) < 4.78 is 0. The summed E-state index contributed by atoms with van der Waals surface area (Å²) >= 11 is 0. The van der Waals surface area contributed by atoms with Crippen LogP contribution in [0.1, 0.15) is 12.0 Å². The van der Waals surface area contributed by atoms with E-state index in [4.69, 9.17) is 0 Å². The molecule has 0 aliphatic heterocycles. The number of amides is 1. The molecule has 0 spiro atoms. The minimum absolute atomic E-state index is 0.178. The number of aromatic nitrogens is 2. The Labute approximate surface area is 113 Å². The number of hydrogen-bond acceptors (Lipinski definition) is 3. The molecule has 0 unspecified atom stereocenters. The van der Waals surface area contributed by atoms with Crippen molar-refractivity contribution in [3.8, 4) is 0 Å². The number of nitrogens with zero attached hydrogens (tertiary/aromatic N) is 2. The van der Waals surface area contributed by atoms with E-state index in [0.29, 0.717) is 6.42 Å². The van der Waals surface area contributed by atoms with Crippen molar-refractivity contribution in [2.24, 2.45) is 0 Å². The number of H-pyrrole nitrogens is 1. The molecule has 102 valence electrons. The molecular formula is C14H20N4O. The third-order valence-electron chi connectivity index (χ3n) is 3.24. The van der Waals surface area contributed by atoms with Crippen LogP contribution in [0.2, 0.25) is 0 Å². The van der Waals surface area contributed by atoms with Crippen LogP contribution in [0.15, 0.2) is 24.5 Å². The van der Waals surface area contributed by atoms with Gasteiger partial charge in [0.05, 0.1) is 17.4 Å². The first-order chi connectivity index (χ1) is 9.20. The second kappa shape index (κ2) is 6.33. The van der Waals surface area contributed by atoms with E-state index >= 15 is 0 Å². The average Bonchev–Trinajstić information content (AvgIpc) is 2.89. The Hall–Kier alpha value is -1.88. The summed E-state index contributed by atoms with van der Waals surface area (Å²) in [5.41, 5.74) is 3.23. The minimum Gasteiger partial charge on any atom is -0.345 e. The number of carbonyl (C=O) groups excluding carboxylic acids is 1. The van der Waals surface area contributed by atoms with Crippen LogP contribution in [0.3, 0.4) is 0 Å². The maximum atomic E-state index is 11.8. The molecule has 2 rings (SSSR count). The highest BCUT2D eigenvalue weighted by Crippen LogP contribution is 2.12. The maximum Gasteiger partial charge on any atom is 0.223 e. The van der Waals surface area contributed by atoms with E-state index < -0.39 is 0 Å². The first-order valence-corrected chi connectivity index (χ1v) is 6.51. The van der Waals surface area contributed by atoms with Crippen LogP contribution in [-0.2, 0) is 11.2 Å². The largest absolute Gasteiger partial charge is 0.345 e. The number of fused-ring (bicyclic) bond motifs is 1. The second-order valence-corrected chi connectivity index (χ2v) is 4.67. The molecule has 1 aromatic carbocycles. The zero-order valence-electron chi connectivity index (χ0n) is 11.4. The molecular weight excluding hydrogens is 240 g/mol. The number of benzene rings is 1. The fraction of sp³-hybridized carbons (Fsp3) is 0.429. The fourth-order valence-corrected chi connectivity index (χ4v) is 1.98. The van der Waals surface area contributed by atoms with E-state index in [1.54, 1.807) is 11.2 Å². The molecule has 2 aromatic rings. The lowest BCUT2D eigenvalue weighted by Gasteiger charge is -2.17. The van der Waals surface area contributed by atoms with Crippen LogP contribution in [-0.4, -0.2) is 48.0 Å². The Kier molecular flexibility index (Phi) is 4.52. The van der Waals surface area contributed by atoms with E-state index in [1.165, 1.54) is 5.56 Å². The number of hydrogen-bond donors (Lipinski definition) is 2. The molecule has 1 aromatic heterocycles. The SMILES string of the molecule is CNCCC(=O)N(C)CCc1ccc2nc[nH]c2c1. The molecule has 2 N–H and O–H groups in total. The van der Waals surface area contributed by atoms with Crippen LogP contribution in [0.25, 0.3) is 11.0 Å². The Bertz CT molecular complexity index is 549. The number of likely N-dealkylation sites (N-methyl/N-ethyl adjacent to an activating group) is 1. The first-order valence-electron chi connectivity index (χ1n) is 6.51. The molecule has 0 atom stereocenters. The first kappa shape index (κ1) is 13.5. The summed E-state index contributed by atoms with van der Waals surface area (Å²) in [5, 5.41) is 2.99. The van der Waals surface area contributed by atoms with Gasteiger partial charge in [0.15, 0.2) is 0 Å². The van der Waals surface area contributed by atoms with E-state index in [1.807, 2.05) is 20.2 Å². The molecule has 0 aliphatic carbocycles. The minimum atomic E-state index is 0.178.